The number of ether oxygens (including phenoxy) is 1. The zero-order valence-electron chi connectivity index (χ0n) is 18.9. The normalized spacial score (nSPS) is 17.7. The van der Waals surface area contributed by atoms with Gasteiger partial charge in [0.25, 0.3) is 5.91 Å². The summed E-state index contributed by atoms with van der Waals surface area (Å²) in [6.07, 6.45) is 2.46. The quantitative estimate of drug-likeness (QED) is 0.620. The van der Waals surface area contributed by atoms with Crippen LogP contribution in [0.15, 0.2) is 30.3 Å². The van der Waals surface area contributed by atoms with Crippen LogP contribution in [-0.2, 0) is 5.54 Å². The van der Waals surface area contributed by atoms with E-state index in [1.54, 1.807) is 28.9 Å². The number of amides is 1. The van der Waals surface area contributed by atoms with Crippen molar-refractivity contribution < 1.29 is 13.9 Å². The van der Waals surface area contributed by atoms with Gasteiger partial charge in [0.15, 0.2) is 0 Å². The summed E-state index contributed by atoms with van der Waals surface area (Å²) in [7, 11) is 0. The van der Waals surface area contributed by atoms with Crippen LogP contribution >= 0.6 is 11.6 Å². The van der Waals surface area contributed by atoms with Crippen LogP contribution in [0.2, 0.25) is 5.02 Å². The molecule has 0 aliphatic carbocycles. The van der Waals surface area contributed by atoms with Crippen LogP contribution in [0.1, 0.15) is 69.9 Å². The van der Waals surface area contributed by atoms with Crippen molar-refractivity contribution in [2.24, 2.45) is 0 Å². The molecule has 0 N–H and O–H groups in total. The van der Waals surface area contributed by atoms with E-state index in [4.69, 9.17) is 16.3 Å². The maximum absolute atomic E-state index is 14.5. The minimum atomic E-state index is -0.229. The van der Waals surface area contributed by atoms with E-state index in [-0.39, 0.29) is 29.0 Å². The first-order valence-electron chi connectivity index (χ1n) is 11.0. The second kappa shape index (κ2) is 7.73. The van der Waals surface area contributed by atoms with Crippen molar-refractivity contribution >= 4 is 17.5 Å². The lowest BCUT2D eigenvalue weighted by molar-refractivity contribution is 0.0434. The Bertz CT molecular complexity index is 993. The second-order valence-corrected chi connectivity index (χ2v) is 9.87. The largest absolute Gasteiger partial charge is 0.489 e. The average Bonchev–Trinajstić information content (AvgIpc) is 3.05. The molecular formula is C24H31ClFN3O2. The second-order valence-electron chi connectivity index (χ2n) is 9.47. The molecule has 2 aliphatic rings. The van der Waals surface area contributed by atoms with Gasteiger partial charge in [0.1, 0.15) is 11.3 Å². The van der Waals surface area contributed by atoms with Crippen molar-refractivity contribution in [2.45, 2.75) is 71.1 Å². The summed E-state index contributed by atoms with van der Waals surface area (Å²) in [6.45, 7) is 11.5. The molecule has 5 nitrogen and oxygen atoms in total. The summed E-state index contributed by atoms with van der Waals surface area (Å²) in [5.74, 6) is 0.328. The smallest absolute Gasteiger partial charge is 0.253 e. The highest BCUT2D eigenvalue weighted by atomic mass is 35.5. The molecule has 1 fully saturated rings. The summed E-state index contributed by atoms with van der Waals surface area (Å²) in [4.78, 5) is 15.0. The lowest BCUT2D eigenvalue weighted by atomic mass is 9.77. The summed E-state index contributed by atoms with van der Waals surface area (Å²) >= 11 is 6.34. The monoisotopic (exact) mass is 447 g/mol. The molecule has 1 aromatic heterocycles. The van der Waals surface area contributed by atoms with Crippen LogP contribution in [0.25, 0.3) is 0 Å². The number of halogens is 2. The molecule has 3 heterocycles. The van der Waals surface area contributed by atoms with Gasteiger partial charge in [0.05, 0.1) is 22.4 Å². The number of piperidine rings is 1. The van der Waals surface area contributed by atoms with Gasteiger partial charge < -0.3 is 9.64 Å². The first kappa shape index (κ1) is 22.0. The van der Waals surface area contributed by atoms with Gasteiger partial charge in [-0.2, -0.15) is 4.39 Å². The van der Waals surface area contributed by atoms with Crippen LogP contribution < -0.4 is 9.75 Å². The van der Waals surface area contributed by atoms with E-state index in [9.17, 15) is 9.18 Å². The van der Waals surface area contributed by atoms with Crippen LogP contribution in [0.3, 0.4) is 0 Å². The van der Waals surface area contributed by atoms with E-state index in [2.05, 4.69) is 25.8 Å². The zero-order valence-corrected chi connectivity index (χ0v) is 19.7. The minimum absolute atomic E-state index is 0.0129. The Morgan fingerprint density at radius 1 is 1.23 bits per heavy atom. The van der Waals surface area contributed by atoms with Gasteiger partial charge in [-0.15, -0.1) is 0 Å². The molecule has 7 heteroatoms. The van der Waals surface area contributed by atoms with E-state index in [1.807, 2.05) is 24.8 Å². The Labute approximate surface area is 188 Å². The third-order valence-electron chi connectivity index (χ3n) is 6.75. The summed E-state index contributed by atoms with van der Waals surface area (Å²) in [6, 6.07) is 8.65. The van der Waals surface area contributed by atoms with Crippen LogP contribution in [0.4, 0.5) is 4.39 Å². The number of hydrogen-bond acceptors (Lipinski definition) is 3. The molecule has 0 radical (unpaired) electrons. The standard InChI is InChI=1S/C24H31ClFN3O2/c1-6-23(4,5)29-24(20-9-10-21(26)28(20)29)11-13-27(14-12-24)22(30)17-7-8-19(18(25)15-17)31-16(2)3/h7-10,15-16H,6,11-14H2,1-5H3. The molecule has 1 aromatic carbocycles. The molecule has 2 aromatic rings. The Balaban J connectivity index is 1.52. The third-order valence-corrected chi connectivity index (χ3v) is 7.04. The summed E-state index contributed by atoms with van der Waals surface area (Å²) < 4.78 is 21.8. The number of nitrogens with zero attached hydrogens (tertiary/aromatic N) is 3. The number of rotatable bonds is 5. The van der Waals surface area contributed by atoms with E-state index in [1.165, 1.54) is 0 Å². The summed E-state index contributed by atoms with van der Waals surface area (Å²) in [5.41, 5.74) is 1.16. The molecule has 1 saturated heterocycles. The zero-order chi connectivity index (χ0) is 22.6. The first-order chi connectivity index (χ1) is 14.6. The average molecular weight is 448 g/mol. The third kappa shape index (κ3) is 3.49. The number of fused-ring (bicyclic) bond motifs is 2. The Hall–Kier alpha value is -2.21. The van der Waals surface area contributed by atoms with E-state index in [0.717, 1.165) is 25.0 Å². The number of hydrogen-bond donors (Lipinski definition) is 0. The van der Waals surface area contributed by atoms with Crippen molar-refractivity contribution in [1.82, 2.24) is 9.58 Å². The van der Waals surface area contributed by atoms with Crippen molar-refractivity contribution in [3.63, 3.8) is 0 Å². The van der Waals surface area contributed by atoms with Gasteiger partial charge in [0, 0.05) is 18.7 Å². The van der Waals surface area contributed by atoms with Crippen LogP contribution in [-0.4, -0.2) is 40.2 Å². The summed E-state index contributed by atoms with van der Waals surface area (Å²) in [5, 5.41) is 2.64. The number of aromatic nitrogens is 1. The molecule has 31 heavy (non-hydrogen) atoms. The number of carbonyl (C=O) groups is 1. The first-order valence-corrected chi connectivity index (χ1v) is 11.4. The SMILES string of the molecule is CCC(C)(C)N1n2c(F)ccc2C12CCN(C(=O)c1ccc(OC(C)C)c(Cl)c1)CC2. The molecule has 1 spiro atoms. The highest BCUT2D eigenvalue weighted by molar-refractivity contribution is 6.32. The number of carbonyl (C=O) groups excluding carboxylic acids is 1. The van der Waals surface area contributed by atoms with Crippen molar-refractivity contribution in [3.8, 4) is 5.75 Å². The molecule has 4 rings (SSSR count). The van der Waals surface area contributed by atoms with E-state index < -0.39 is 0 Å². The van der Waals surface area contributed by atoms with Gasteiger partial charge in [0.2, 0.25) is 5.95 Å². The maximum atomic E-state index is 14.5. The molecule has 0 atom stereocenters. The Morgan fingerprint density at radius 2 is 1.90 bits per heavy atom. The van der Waals surface area contributed by atoms with Crippen molar-refractivity contribution in [3.05, 3.63) is 52.6 Å². The van der Waals surface area contributed by atoms with Gasteiger partial charge >= 0.3 is 0 Å². The molecule has 168 valence electrons. The Morgan fingerprint density at radius 3 is 2.48 bits per heavy atom. The highest BCUT2D eigenvalue weighted by Crippen LogP contribution is 2.50. The van der Waals surface area contributed by atoms with Gasteiger partial charge in [-0.25, -0.2) is 4.68 Å². The van der Waals surface area contributed by atoms with Gasteiger partial charge in [-0.1, -0.05) is 18.5 Å². The molecule has 2 aliphatic heterocycles. The van der Waals surface area contributed by atoms with Crippen molar-refractivity contribution in [1.29, 1.82) is 0 Å². The molecule has 0 saturated carbocycles. The topological polar surface area (TPSA) is 37.7 Å². The van der Waals surface area contributed by atoms with Crippen LogP contribution in [0, 0.1) is 5.95 Å². The van der Waals surface area contributed by atoms with E-state index >= 15 is 0 Å². The predicted octanol–water partition coefficient (Wildman–Crippen LogP) is 5.34. The number of likely N-dealkylation sites (tertiary alicyclic amines) is 1. The molecule has 0 unspecified atom stereocenters. The van der Waals surface area contributed by atoms with Crippen molar-refractivity contribution in [2.75, 3.05) is 18.1 Å². The molecule has 0 bridgehead atoms. The molecule has 1 amide bonds. The lowest BCUT2D eigenvalue weighted by Crippen LogP contribution is -2.73. The van der Waals surface area contributed by atoms with Gasteiger partial charge in [-0.05, 0) is 77.3 Å². The van der Waals surface area contributed by atoms with E-state index in [0.29, 0.717) is 29.4 Å². The van der Waals surface area contributed by atoms with Gasteiger partial charge in [-0.3, -0.25) is 9.80 Å². The fourth-order valence-corrected chi connectivity index (χ4v) is 5.15. The lowest BCUT2D eigenvalue weighted by Gasteiger charge is -2.63. The molecular weight excluding hydrogens is 417 g/mol. The Kier molecular flexibility index (Phi) is 5.49. The minimum Gasteiger partial charge on any atom is -0.489 e. The van der Waals surface area contributed by atoms with Crippen LogP contribution in [0.5, 0.6) is 5.75 Å². The predicted molar refractivity (Wildman–Crippen MR) is 121 cm³/mol. The number of benzene rings is 1. The maximum Gasteiger partial charge on any atom is 0.253 e. The fraction of sp³-hybridized carbons (Fsp3) is 0.542. The fourth-order valence-electron chi connectivity index (χ4n) is 4.93. The highest BCUT2D eigenvalue weighted by Gasteiger charge is 2.57.